The molecule has 1 fully saturated rings. The second-order valence-electron chi connectivity index (χ2n) is 6.61. The van der Waals surface area contributed by atoms with Gasteiger partial charge in [0.2, 0.25) is 0 Å². The number of methoxy groups -OCH3 is 1. The third kappa shape index (κ3) is 6.51. The Kier molecular flexibility index (Phi) is 8.83. The standard InChI is InChI=1S/C22H17BrCl2N2O4S2/c1-3-4-27-21(29)18(33-22(27)32)7-12-5-16(23)20(17(6-12)30-2)31-11-19(28)26-15-9-13(24)8-14(25)10-15/h3,5-10H,1,4,11H2,2H3,(H,26,28)/b18-7-. The number of nitrogens with zero attached hydrogens (tertiary/aromatic N) is 1. The average molecular weight is 588 g/mol. The summed E-state index contributed by atoms with van der Waals surface area (Å²) in [7, 11) is 1.48. The minimum atomic E-state index is -0.405. The van der Waals surface area contributed by atoms with Crippen LogP contribution in [0.5, 0.6) is 11.5 Å². The zero-order valence-corrected chi connectivity index (χ0v) is 21.9. The zero-order valence-electron chi connectivity index (χ0n) is 17.2. The number of anilines is 1. The second kappa shape index (κ2) is 11.4. The molecule has 1 aliphatic heterocycles. The van der Waals surface area contributed by atoms with Gasteiger partial charge in [-0.1, -0.05) is 53.3 Å². The Morgan fingerprint density at radius 1 is 1.27 bits per heavy atom. The predicted octanol–water partition coefficient (Wildman–Crippen LogP) is 6.17. The maximum Gasteiger partial charge on any atom is 0.266 e. The molecule has 2 amide bonds. The molecule has 0 aromatic heterocycles. The van der Waals surface area contributed by atoms with Crippen molar-refractivity contribution in [3.8, 4) is 11.5 Å². The summed E-state index contributed by atoms with van der Waals surface area (Å²) in [4.78, 5) is 26.8. The van der Waals surface area contributed by atoms with E-state index in [0.717, 1.165) is 0 Å². The van der Waals surface area contributed by atoms with Crippen LogP contribution in [0.25, 0.3) is 6.08 Å². The van der Waals surface area contributed by atoms with Crippen molar-refractivity contribution in [1.29, 1.82) is 0 Å². The molecule has 0 unspecified atom stereocenters. The van der Waals surface area contributed by atoms with Crippen LogP contribution in [0.1, 0.15) is 5.56 Å². The Balaban J connectivity index is 1.74. The zero-order chi connectivity index (χ0) is 24.1. The molecule has 1 N–H and O–H groups in total. The highest BCUT2D eigenvalue weighted by molar-refractivity contribution is 9.10. The van der Waals surface area contributed by atoms with Crippen molar-refractivity contribution in [3.05, 3.63) is 68.0 Å². The van der Waals surface area contributed by atoms with Crippen LogP contribution in [0, 0.1) is 0 Å². The van der Waals surface area contributed by atoms with Crippen LogP contribution in [0.4, 0.5) is 5.69 Å². The summed E-state index contributed by atoms with van der Waals surface area (Å²) >= 11 is 21.8. The average Bonchev–Trinajstić information content (AvgIpc) is 2.99. The fourth-order valence-corrected chi connectivity index (χ4v) is 5.24. The van der Waals surface area contributed by atoms with Gasteiger partial charge < -0.3 is 14.8 Å². The first-order valence-electron chi connectivity index (χ1n) is 9.34. The quantitative estimate of drug-likeness (QED) is 0.226. The summed E-state index contributed by atoms with van der Waals surface area (Å²) < 4.78 is 12.1. The molecular weight excluding hydrogens is 571 g/mol. The summed E-state index contributed by atoms with van der Waals surface area (Å²) in [6, 6.07) is 8.18. The van der Waals surface area contributed by atoms with Crippen molar-refractivity contribution in [2.24, 2.45) is 0 Å². The minimum Gasteiger partial charge on any atom is -0.493 e. The van der Waals surface area contributed by atoms with Gasteiger partial charge >= 0.3 is 0 Å². The van der Waals surface area contributed by atoms with E-state index < -0.39 is 5.91 Å². The minimum absolute atomic E-state index is 0.182. The molecule has 0 bridgehead atoms. The fraction of sp³-hybridized carbons (Fsp3) is 0.136. The summed E-state index contributed by atoms with van der Waals surface area (Å²) in [5.74, 6) is 0.138. The smallest absolute Gasteiger partial charge is 0.266 e. The number of hydrogen-bond donors (Lipinski definition) is 1. The van der Waals surface area contributed by atoms with Crippen LogP contribution >= 0.6 is 63.1 Å². The molecule has 172 valence electrons. The van der Waals surface area contributed by atoms with Crippen molar-refractivity contribution < 1.29 is 19.1 Å². The van der Waals surface area contributed by atoms with E-state index in [1.807, 2.05) is 0 Å². The molecule has 1 saturated heterocycles. The van der Waals surface area contributed by atoms with Gasteiger partial charge in [-0.05, 0) is 57.9 Å². The van der Waals surface area contributed by atoms with Gasteiger partial charge in [-0.2, -0.15) is 0 Å². The number of carbonyl (C=O) groups excluding carboxylic acids is 2. The number of rotatable bonds is 8. The highest BCUT2D eigenvalue weighted by atomic mass is 79.9. The molecule has 1 aliphatic rings. The molecule has 2 aromatic carbocycles. The summed E-state index contributed by atoms with van der Waals surface area (Å²) in [5, 5.41) is 3.48. The number of benzene rings is 2. The summed E-state index contributed by atoms with van der Waals surface area (Å²) in [5.41, 5.74) is 1.15. The Morgan fingerprint density at radius 3 is 2.61 bits per heavy atom. The number of halogens is 3. The van der Waals surface area contributed by atoms with Crippen LogP contribution in [0.15, 0.2) is 52.4 Å². The van der Waals surface area contributed by atoms with E-state index in [9.17, 15) is 9.59 Å². The Hall–Kier alpha value is -2.04. The molecule has 0 spiro atoms. The van der Waals surface area contributed by atoms with Crippen molar-refractivity contribution in [3.63, 3.8) is 0 Å². The molecule has 0 aliphatic carbocycles. The number of ether oxygens (including phenoxy) is 2. The van der Waals surface area contributed by atoms with E-state index in [4.69, 9.17) is 44.9 Å². The van der Waals surface area contributed by atoms with Crippen molar-refractivity contribution in [1.82, 2.24) is 4.90 Å². The first-order chi connectivity index (χ1) is 15.7. The Bertz CT molecular complexity index is 1150. The van der Waals surface area contributed by atoms with E-state index in [1.54, 1.807) is 42.5 Å². The molecule has 0 radical (unpaired) electrons. The summed E-state index contributed by atoms with van der Waals surface area (Å²) in [6.07, 6.45) is 3.34. The van der Waals surface area contributed by atoms with Crippen molar-refractivity contribution in [2.75, 3.05) is 25.6 Å². The van der Waals surface area contributed by atoms with Gasteiger partial charge in [0.25, 0.3) is 11.8 Å². The van der Waals surface area contributed by atoms with E-state index >= 15 is 0 Å². The van der Waals surface area contributed by atoms with Crippen LogP contribution in [0.2, 0.25) is 10.0 Å². The van der Waals surface area contributed by atoms with E-state index in [-0.39, 0.29) is 12.5 Å². The van der Waals surface area contributed by atoms with Crippen LogP contribution < -0.4 is 14.8 Å². The molecule has 33 heavy (non-hydrogen) atoms. The molecule has 1 heterocycles. The topological polar surface area (TPSA) is 67.9 Å². The lowest BCUT2D eigenvalue weighted by molar-refractivity contribution is -0.121. The highest BCUT2D eigenvalue weighted by Gasteiger charge is 2.31. The molecule has 2 aromatic rings. The number of carbonyl (C=O) groups is 2. The number of nitrogens with one attached hydrogen (secondary N) is 1. The maximum atomic E-state index is 12.6. The van der Waals surface area contributed by atoms with Gasteiger partial charge in [-0.25, -0.2) is 0 Å². The number of amides is 2. The van der Waals surface area contributed by atoms with Gasteiger partial charge in [0.1, 0.15) is 4.32 Å². The monoisotopic (exact) mass is 586 g/mol. The van der Waals surface area contributed by atoms with Gasteiger partial charge in [-0.3, -0.25) is 14.5 Å². The van der Waals surface area contributed by atoms with Gasteiger partial charge in [0.05, 0.1) is 16.5 Å². The van der Waals surface area contributed by atoms with Crippen LogP contribution in [-0.4, -0.2) is 41.3 Å². The number of thioether (sulfide) groups is 1. The lowest BCUT2D eigenvalue weighted by atomic mass is 10.2. The van der Waals surface area contributed by atoms with E-state index in [2.05, 4.69) is 27.8 Å². The molecule has 0 atom stereocenters. The SMILES string of the molecule is C=CCN1C(=O)/C(=C/c2cc(Br)c(OCC(=O)Nc3cc(Cl)cc(Cl)c3)c(OC)c2)SC1=S. The molecule has 3 rings (SSSR count). The van der Waals surface area contributed by atoms with Crippen molar-refractivity contribution >= 4 is 91.0 Å². The first-order valence-corrected chi connectivity index (χ1v) is 12.1. The second-order valence-corrected chi connectivity index (χ2v) is 10.0. The Labute approximate surface area is 219 Å². The Morgan fingerprint density at radius 2 is 1.97 bits per heavy atom. The lowest BCUT2D eigenvalue weighted by Crippen LogP contribution is -2.27. The normalized spacial score (nSPS) is 14.5. The summed E-state index contributed by atoms with van der Waals surface area (Å²) in [6.45, 7) is 3.72. The molecular formula is C22H17BrCl2N2O4S2. The van der Waals surface area contributed by atoms with Gasteiger partial charge in [0.15, 0.2) is 18.1 Å². The predicted molar refractivity (Wildman–Crippen MR) is 141 cm³/mol. The molecule has 6 nitrogen and oxygen atoms in total. The van der Waals surface area contributed by atoms with Crippen LogP contribution in [0.3, 0.4) is 0 Å². The maximum absolute atomic E-state index is 12.6. The van der Waals surface area contributed by atoms with Crippen LogP contribution in [-0.2, 0) is 9.59 Å². The molecule has 0 saturated carbocycles. The molecule has 11 heteroatoms. The lowest BCUT2D eigenvalue weighted by Gasteiger charge is -2.14. The number of hydrogen-bond acceptors (Lipinski definition) is 6. The highest BCUT2D eigenvalue weighted by Crippen LogP contribution is 2.39. The number of thiocarbonyl (C=S) groups is 1. The van der Waals surface area contributed by atoms with Gasteiger partial charge in [0, 0.05) is 22.3 Å². The third-order valence-corrected chi connectivity index (χ3v) is 6.63. The van der Waals surface area contributed by atoms with E-state index in [1.165, 1.54) is 23.8 Å². The largest absolute Gasteiger partial charge is 0.493 e. The third-order valence-electron chi connectivity index (χ3n) is 4.23. The fourth-order valence-electron chi connectivity index (χ4n) is 2.86. The van der Waals surface area contributed by atoms with Crippen molar-refractivity contribution in [2.45, 2.75) is 0 Å². The first kappa shape index (κ1) is 25.6. The van der Waals surface area contributed by atoms with Gasteiger partial charge in [-0.15, -0.1) is 6.58 Å². The van der Waals surface area contributed by atoms with E-state index in [0.29, 0.717) is 53.0 Å².